The molecule has 0 bridgehead atoms. The van der Waals surface area contributed by atoms with Gasteiger partial charge in [0.1, 0.15) is 5.92 Å². The molecule has 2 aliphatic heterocycles. The van der Waals surface area contributed by atoms with Gasteiger partial charge in [-0.25, -0.2) is 5.43 Å². The number of hydrogen-bond donors (Lipinski definition) is 2. The van der Waals surface area contributed by atoms with Gasteiger partial charge in [-0.2, -0.15) is 5.10 Å². The average Bonchev–Trinajstić information content (AvgIpc) is 3.34. The molecule has 2 heterocycles. The zero-order valence-electron chi connectivity index (χ0n) is 15.0. The summed E-state index contributed by atoms with van der Waals surface area (Å²) < 4.78 is 10.6. The topological polar surface area (TPSA) is 89.0 Å². The molecule has 0 aliphatic carbocycles. The van der Waals surface area contributed by atoms with E-state index in [-0.39, 0.29) is 18.6 Å². The monoisotopic (exact) mass is 377 g/mol. The Kier molecular flexibility index (Phi) is 5.05. The minimum Gasteiger partial charge on any atom is -0.454 e. The van der Waals surface area contributed by atoms with Gasteiger partial charge in [0.15, 0.2) is 11.5 Å². The Bertz CT molecular complexity index is 940. The molecular formula is C21H19N3O4. The predicted molar refractivity (Wildman–Crippen MR) is 104 cm³/mol. The number of carbonyl (C=O) groups excluding carboxylic acids is 2. The van der Waals surface area contributed by atoms with Gasteiger partial charge >= 0.3 is 0 Å². The molecule has 7 nitrogen and oxygen atoms in total. The maximum atomic E-state index is 12.5. The first-order valence-corrected chi connectivity index (χ1v) is 8.94. The zero-order valence-corrected chi connectivity index (χ0v) is 15.0. The highest BCUT2D eigenvalue weighted by Gasteiger charge is 2.40. The summed E-state index contributed by atoms with van der Waals surface area (Å²) in [4.78, 5) is 24.6. The minimum atomic E-state index is -0.794. The largest absolute Gasteiger partial charge is 0.454 e. The van der Waals surface area contributed by atoms with Crippen LogP contribution < -0.4 is 20.2 Å². The number of carbonyl (C=O) groups is 2. The average molecular weight is 377 g/mol. The number of allylic oxidation sites excluding steroid dienone is 1. The van der Waals surface area contributed by atoms with Crippen molar-refractivity contribution in [1.82, 2.24) is 10.7 Å². The maximum absolute atomic E-state index is 12.5. The Morgan fingerprint density at radius 3 is 2.82 bits per heavy atom. The van der Waals surface area contributed by atoms with Gasteiger partial charge in [-0.15, -0.1) is 0 Å². The van der Waals surface area contributed by atoms with E-state index >= 15 is 0 Å². The SMILES string of the molecule is O=C1NC[C@@H](c2ccccc2)[C@H]1C(=O)N/N=C/C=C/c1ccc2c(c1)OCO2. The van der Waals surface area contributed by atoms with E-state index in [2.05, 4.69) is 15.8 Å². The molecule has 0 radical (unpaired) electrons. The Morgan fingerprint density at radius 2 is 1.96 bits per heavy atom. The van der Waals surface area contributed by atoms with Crippen LogP contribution in [0, 0.1) is 5.92 Å². The molecule has 7 heteroatoms. The van der Waals surface area contributed by atoms with Crippen LogP contribution in [-0.4, -0.2) is 31.4 Å². The predicted octanol–water partition coefficient (Wildman–Crippen LogP) is 2.06. The summed E-state index contributed by atoms with van der Waals surface area (Å²) in [5, 5.41) is 6.67. The summed E-state index contributed by atoms with van der Waals surface area (Å²) in [5.41, 5.74) is 4.33. The van der Waals surface area contributed by atoms with Crippen LogP contribution >= 0.6 is 0 Å². The number of nitrogens with zero attached hydrogens (tertiary/aromatic N) is 1. The Labute approximate surface area is 162 Å². The van der Waals surface area contributed by atoms with Crippen LogP contribution in [0.5, 0.6) is 11.5 Å². The lowest BCUT2D eigenvalue weighted by Gasteiger charge is -2.15. The van der Waals surface area contributed by atoms with Gasteiger partial charge in [-0.05, 0) is 29.3 Å². The van der Waals surface area contributed by atoms with Gasteiger partial charge in [0, 0.05) is 18.7 Å². The molecule has 142 valence electrons. The molecule has 0 saturated carbocycles. The lowest BCUT2D eigenvalue weighted by Crippen LogP contribution is -2.34. The maximum Gasteiger partial charge on any atom is 0.253 e. The molecule has 2 aromatic carbocycles. The highest BCUT2D eigenvalue weighted by Crippen LogP contribution is 2.32. The molecule has 2 N–H and O–H groups in total. The standard InChI is InChI=1S/C21H19N3O4/c25-20-19(16(12-22-20)15-6-2-1-3-7-15)21(26)24-23-10-4-5-14-8-9-17-18(11-14)28-13-27-17/h1-11,16,19H,12-13H2,(H,22,25)(H,24,26)/b5-4+,23-10+/t16-,19+/m0/s1. The van der Waals surface area contributed by atoms with E-state index in [1.807, 2.05) is 54.6 Å². The summed E-state index contributed by atoms with van der Waals surface area (Å²) in [6.45, 7) is 0.670. The fourth-order valence-corrected chi connectivity index (χ4v) is 3.32. The summed E-state index contributed by atoms with van der Waals surface area (Å²) in [7, 11) is 0. The van der Waals surface area contributed by atoms with Crippen molar-refractivity contribution in [2.75, 3.05) is 13.3 Å². The second-order valence-corrected chi connectivity index (χ2v) is 6.47. The van der Waals surface area contributed by atoms with Crippen molar-refractivity contribution in [1.29, 1.82) is 0 Å². The first-order chi connectivity index (χ1) is 13.7. The van der Waals surface area contributed by atoms with Crippen molar-refractivity contribution in [2.24, 2.45) is 11.0 Å². The van der Waals surface area contributed by atoms with Gasteiger partial charge in [0.2, 0.25) is 12.7 Å². The first kappa shape index (κ1) is 17.8. The second kappa shape index (κ2) is 7.96. The lowest BCUT2D eigenvalue weighted by molar-refractivity contribution is -0.133. The van der Waals surface area contributed by atoms with Gasteiger partial charge in [0.25, 0.3) is 5.91 Å². The summed E-state index contributed by atoms with van der Waals surface area (Å²) >= 11 is 0. The van der Waals surface area contributed by atoms with E-state index in [9.17, 15) is 9.59 Å². The summed E-state index contributed by atoms with van der Waals surface area (Å²) in [6.07, 6.45) is 4.99. The van der Waals surface area contributed by atoms with E-state index < -0.39 is 11.8 Å². The second-order valence-electron chi connectivity index (χ2n) is 6.47. The van der Waals surface area contributed by atoms with E-state index in [0.29, 0.717) is 12.3 Å². The van der Waals surface area contributed by atoms with Crippen LogP contribution in [0.3, 0.4) is 0 Å². The molecule has 1 saturated heterocycles. The third kappa shape index (κ3) is 3.73. The van der Waals surface area contributed by atoms with Crippen LogP contribution in [0.2, 0.25) is 0 Å². The van der Waals surface area contributed by atoms with Crippen LogP contribution in [-0.2, 0) is 9.59 Å². The van der Waals surface area contributed by atoms with Crippen molar-refractivity contribution in [2.45, 2.75) is 5.92 Å². The molecule has 2 aromatic rings. The quantitative estimate of drug-likeness (QED) is 0.474. The number of nitrogens with one attached hydrogen (secondary N) is 2. The molecule has 2 amide bonds. The third-order valence-electron chi connectivity index (χ3n) is 4.71. The number of hydrazone groups is 1. The molecule has 4 rings (SSSR count). The van der Waals surface area contributed by atoms with Crippen molar-refractivity contribution in [3.63, 3.8) is 0 Å². The highest BCUT2D eigenvalue weighted by molar-refractivity contribution is 6.03. The van der Waals surface area contributed by atoms with E-state index in [1.54, 1.807) is 6.08 Å². The summed E-state index contributed by atoms with van der Waals surface area (Å²) in [5.74, 6) is -0.271. The van der Waals surface area contributed by atoms with Crippen molar-refractivity contribution in [3.8, 4) is 11.5 Å². The van der Waals surface area contributed by atoms with Crippen molar-refractivity contribution >= 4 is 24.1 Å². The van der Waals surface area contributed by atoms with E-state index in [1.165, 1.54) is 6.21 Å². The number of amides is 2. The molecule has 0 unspecified atom stereocenters. The van der Waals surface area contributed by atoms with Gasteiger partial charge in [0.05, 0.1) is 0 Å². The fraction of sp³-hybridized carbons (Fsp3) is 0.190. The number of fused-ring (bicyclic) bond motifs is 1. The number of benzene rings is 2. The van der Waals surface area contributed by atoms with E-state index in [0.717, 1.165) is 16.9 Å². The molecular weight excluding hydrogens is 358 g/mol. The van der Waals surface area contributed by atoms with Crippen LogP contribution in [0.1, 0.15) is 17.0 Å². The van der Waals surface area contributed by atoms with Crippen LogP contribution in [0.4, 0.5) is 0 Å². The Balaban J connectivity index is 1.36. The molecule has 1 fully saturated rings. The van der Waals surface area contributed by atoms with Crippen LogP contribution in [0.25, 0.3) is 6.08 Å². The minimum absolute atomic E-state index is 0.201. The van der Waals surface area contributed by atoms with Crippen LogP contribution in [0.15, 0.2) is 59.7 Å². The molecule has 2 aliphatic rings. The third-order valence-corrected chi connectivity index (χ3v) is 4.71. The molecule has 0 spiro atoms. The van der Waals surface area contributed by atoms with Gasteiger partial charge in [-0.3, -0.25) is 9.59 Å². The number of ether oxygens (including phenoxy) is 2. The van der Waals surface area contributed by atoms with Gasteiger partial charge < -0.3 is 14.8 Å². The molecule has 2 atom stereocenters. The van der Waals surface area contributed by atoms with E-state index in [4.69, 9.17) is 9.47 Å². The Hall–Kier alpha value is -3.61. The van der Waals surface area contributed by atoms with Crippen molar-refractivity contribution in [3.05, 3.63) is 65.7 Å². The fourth-order valence-electron chi connectivity index (χ4n) is 3.32. The Morgan fingerprint density at radius 1 is 1.14 bits per heavy atom. The normalized spacial score (nSPS) is 20.6. The van der Waals surface area contributed by atoms with Gasteiger partial charge in [-0.1, -0.05) is 42.5 Å². The highest BCUT2D eigenvalue weighted by atomic mass is 16.7. The number of rotatable bonds is 5. The number of hydrogen-bond acceptors (Lipinski definition) is 5. The molecule has 0 aromatic heterocycles. The first-order valence-electron chi connectivity index (χ1n) is 8.94. The summed E-state index contributed by atoms with van der Waals surface area (Å²) in [6, 6.07) is 15.1. The molecule has 28 heavy (non-hydrogen) atoms. The van der Waals surface area contributed by atoms with Crippen molar-refractivity contribution < 1.29 is 19.1 Å². The zero-order chi connectivity index (χ0) is 19.3. The smallest absolute Gasteiger partial charge is 0.253 e. The lowest BCUT2D eigenvalue weighted by atomic mass is 9.88.